The summed E-state index contributed by atoms with van der Waals surface area (Å²) in [7, 11) is 0. The highest BCUT2D eigenvalue weighted by atomic mass is 32.2. The van der Waals surface area contributed by atoms with Gasteiger partial charge in [0.2, 0.25) is 5.95 Å². The van der Waals surface area contributed by atoms with Crippen molar-refractivity contribution in [2.45, 2.75) is 11.8 Å². The van der Waals surface area contributed by atoms with Gasteiger partial charge in [-0.05, 0) is 24.3 Å². The lowest BCUT2D eigenvalue weighted by molar-refractivity contribution is 0.586. The van der Waals surface area contributed by atoms with Crippen molar-refractivity contribution in [3.63, 3.8) is 0 Å². The number of nitrogens with zero attached hydrogens (tertiary/aromatic N) is 3. The van der Waals surface area contributed by atoms with Crippen LogP contribution in [-0.4, -0.2) is 34.3 Å². The van der Waals surface area contributed by atoms with Crippen molar-refractivity contribution in [2.75, 3.05) is 30.0 Å². The van der Waals surface area contributed by atoms with Crippen LogP contribution in [0, 0.1) is 5.92 Å². The molecule has 2 heterocycles. The normalized spacial score (nSPS) is 12.3. The van der Waals surface area contributed by atoms with E-state index in [-0.39, 0.29) is 0 Å². The third-order valence-corrected chi connectivity index (χ3v) is 4.05. The van der Waals surface area contributed by atoms with Crippen molar-refractivity contribution in [1.82, 2.24) is 15.0 Å². The number of hydrogen-bond donors (Lipinski definition) is 2. The first-order valence-electron chi connectivity index (χ1n) is 7.44. The average molecular weight is 329 g/mol. The van der Waals surface area contributed by atoms with Crippen LogP contribution >= 0.6 is 11.8 Å². The van der Waals surface area contributed by atoms with Crippen molar-refractivity contribution in [3.05, 3.63) is 36.7 Å². The van der Waals surface area contributed by atoms with Crippen molar-refractivity contribution < 1.29 is 4.42 Å². The summed E-state index contributed by atoms with van der Waals surface area (Å²) in [6.45, 7) is 3.66. The number of rotatable bonds is 7. The van der Waals surface area contributed by atoms with Gasteiger partial charge in [0, 0.05) is 30.4 Å². The zero-order valence-corrected chi connectivity index (χ0v) is 13.9. The molecule has 1 atom stereocenters. The molecule has 0 amide bonds. The van der Waals surface area contributed by atoms with Gasteiger partial charge < -0.3 is 15.1 Å². The van der Waals surface area contributed by atoms with Gasteiger partial charge in [0.1, 0.15) is 5.52 Å². The number of nitrogens with one attached hydrogen (secondary N) is 2. The van der Waals surface area contributed by atoms with Gasteiger partial charge in [-0.15, -0.1) is 11.8 Å². The highest BCUT2D eigenvalue weighted by Gasteiger charge is 2.07. The molecule has 1 aromatic carbocycles. The second-order valence-corrected chi connectivity index (χ2v) is 6.18. The molecular weight excluding hydrogens is 310 g/mol. The molecule has 2 N–H and O–H groups in total. The van der Waals surface area contributed by atoms with Crippen molar-refractivity contribution >= 4 is 34.8 Å². The van der Waals surface area contributed by atoms with E-state index in [0.29, 0.717) is 17.9 Å². The molecule has 0 unspecified atom stereocenters. The van der Waals surface area contributed by atoms with E-state index in [2.05, 4.69) is 32.5 Å². The summed E-state index contributed by atoms with van der Waals surface area (Å²) in [6.07, 6.45) is 5.65. The topological polar surface area (TPSA) is 75.9 Å². The number of benzene rings is 1. The SMILES string of the molecule is CSc1cnc(NC[C@H](C)CNc2nc3ccccc3o2)nc1. The fourth-order valence-corrected chi connectivity index (χ4v) is 2.38. The Kier molecular flexibility index (Phi) is 4.97. The van der Waals surface area contributed by atoms with E-state index in [1.165, 1.54) is 0 Å². The maximum atomic E-state index is 5.64. The van der Waals surface area contributed by atoms with Crippen LogP contribution in [0.5, 0.6) is 0 Å². The lowest BCUT2D eigenvalue weighted by atomic mass is 10.2. The fraction of sp³-hybridized carbons (Fsp3) is 0.312. The van der Waals surface area contributed by atoms with Crippen LogP contribution in [-0.2, 0) is 0 Å². The van der Waals surface area contributed by atoms with Gasteiger partial charge in [-0.2, -0.15) is 4.98 Å². The number of aromatic nitrogens is 3. The molecule has 0 fully saturated rings. The Morgan fingerprint density at radius 1 is 1.13 bits per heavy atom. The van der Waals surface area contributed by atoms with Crippen LogP contribution < -0.4 is 10.6 Å². The minimum Gasteiger partial charge on any atom is -0.424 e. The van der Waals surface area contributed by atoms with Crippen LogP contribution in [0.25, 0.3) is 11.1 Å². The molecule has 120 valence electrons. The quantitative estimate of drug-likeness (QED) is 0.642. The smallest absolute Gasteiger partial charge is 0.295 e. The second-order valence-electron chi connectivity index (χ2n) is 5.30. The van der Waals surface area contributed by atoms with Crippen LogP contribution in [0.15, 0.2) is 46.0 Å². The Labute approximate surface area is 139 Å². The van der Waals surface area contributed by atoms with E-state index >= 15 is 0 Å². The zero-order chi connectivity index (χ0) is 16.1. The molecule has 0 aliphatic carbocycles. The highest BCUT2D eigenvalue weighted by Crippen LogP contribution is 2.18. The third kappa shape index (κ3) is 4.13. The monoisotopic (exact) mass is 329 g/mol. The predicted molar refractivity (Wildman–Crippen MR) is 94.0 cm³/mol. The number of fused-ring (bicyclic) bond motifs is 1. The Hall–Kier alpha value is -2.28. The molecule has 3 aromatic rings. The summed E-state index contributed by atoms with van der Waals surface area (Å²) >= 11 is 1.63. The van der Waals surface area contributed by atoms with Gasteiger partial charge in [0.05, 0.1) is 0 Å². The van der Waals surface area contributed by atoms with Crippen LogP contribution in [0.3, 0.4) is 0 Å². The molecule has 0 bridgehead atoms. The van der Waals surface area contributed by atoms with Gasteiger partial charge in [-0.1, -0.05) is 19.1 Å². The Bertz CT molecular complexity index is 726. The lowest BCUT2D eigenvalue weighted by Crippen LogP contribution is -2.20. The first-order valence-corrected chi connectivity index (χ1v) is 8.66. The first-order chi connectivity index (χ1) is 11.2. The van der Waals surface area contributed by atoms with E-state index in [9.17, 15) is 0 Å². The van der Waals surface area contributed by atoms with Crippen molar-refractivity contribution in [1.29, 1.82) is 0 Å². The Morgan fingerprint density at radius 3 is 2.61 bits per heavy atom. The summed E-state index contributed by atoms with van der Waals surface area (Å²) in [4.78, 5) is 14.0. The molecule has 0 saturated carbocycles. The molecule has 23 heavy (non-hydrogen) atoms. The van der Waals surface area contributed by atoms with Gasteiger partial charge >= 0.3 is 0 Å². The molecule has 0 radical (unpaired) electrons. The number of thioether (sulfide) groups is 1. The summed E-state index contributed by atoms with van der Waals surface area (Å²) in [5, 5.41) is 6.46. The summed E-state index contributed by atoms with van der Waals surface area (Å²) in [5.41, 5.74) is 1.66. The molecule has 7 heteroatoms. The molecule has 0 aliphatic rings. The zero-order valence-electron chi connectivity index (χ0n) is 13.1. The largest absolute Gasteiger partial charge is 0.424 e. The summed E-state index contributed by atoms with van der Waals surface area (Å²) < 4.78 is 5.64. The second kappa shape index (κ2) is 7.32. The van der Waals surface area contributed by atoms with E-state index in [4.69, 9.17) is 4.42 Å². The maximum Gasteiger partial charge on any atom is 0.295 e. The number of anilines is 2. The molecule has 2 aromatic heterocycles. The average Bonchev–Trinajstić information content (AvgIpc) is 3.01. The Balaban J connectivity index is 1.47. The predicted octanol–water partition coefficient (Wildman–Crippen LogP) is 3.50. The molecule has 3 rings (SSSR count). The first kappa shape index (κ1) is 15.6. The molecule has 6 nitrogen and oxygen atoms in total. The van der Waals surface area contributed by atoms with Gasteiger partial charge in [0.25, 0.3) is 6.01 Å². The van der Waals surface area contributed by atoms with E-state index in [0.717, 1.165) is 29.1 Å². The summed E-state index contributed by atoms with van der Waals surface area (Å²) in [6, 6.07) is 8.28. The standard InChI is InChI=1S/C16H19N5OS/c1-11(7-17-15-18-9-12(23-2)10-19-15)8-20-16-21-13-5-3-4-6-14(13)22-16/h3-6,9-11H,7-8H2,1-2H3,(H,20,21)(H,17,18,19)/t11-/m0/s1. The van der Waals surface area contributed by atoms with Crippen LogP contribution in [0.2, 0.25) is 0 Å². The van der Waals surface area contributed by atoms with E-state index in [1.54, 1.807) is 11.8 Å². The minimum atomic E-state index is 0.369. The third-order valence-electron chi connectivity index (χ3n) is 3.37. The molecule has 0 spiro atoms. The van der Waals surface area contributed by atoms with Crippen molar-refractivity contribution in [3.8, 4) is 0 Å². The van der Waals surface area contributed by atoms with E-state index in [1.807, 2.05) is 42.9 Å². The van der Waals surface area contributed by atoms with E-state index < -0.39 is 0 Å². The van der Waals surface area contributed by atoms with Crippen LogP contribution in [0.4, 0.5) is 12.0 Å². The van der Waals surface area contributed by atoms with Gasteiger partial charge in [-0.3, -0.25) is 0 Å². The number of hydrogen-bond acceptors (Lipinski definition) is 7. The maximum absolute atomic E-state index is 5.64. The summed E-state index contributed by atoms with van der Waals surface area (Å²) in [5.74, 6) is 1.02. The minimum absolute atomic E-state index is 0.369. The highest BCUT2D eigenvalue weighted by molar-refractivity contribution is 7.98. The van der Waals surface area contributed by atoms with Gasteiger partial charge in [-0.25, -0.2) is 9.97 Å². The fourth-order valence-electron chi connectivity index (χ4n) is 2.06. The number of oxazole rings is 1. The van der Waals surface area contributed by atoms with Crippen LogP contribution in [0.1, 0.15) is 6.92 Å². The van der Waals surface area contributed by atoms with Crippen molar-refractivity contribution in [2.24, 2.45) is 5.92 Å². The lowest BCUT2D eigenvalue weighted by Gasteiger charge is -2.12. The molecule has 0 aliphatic heterocycles. The van der Waals surface area contributed by atoms with Gasteiger partial charge in [0.15, 0.2) is 5.58 Å². The molecule has 0 saturated heterocycles. The molecular formula is C16H19N5OS. The number of para-hydroxylation sites is 2. The Morgan fingerprint density at radius 2 is 1.87 bits per heavy atom.